The van der Waals surface area contributed by atoms with E-state index in [1.165, 1.54) is 6.42 Å². The third-order valence-corrected chi connectivity index (χ3v) is 2.45. The molecule has 0 aromatic carbocycles. The van der Waals surface area contributed by atoms with Gasteiger partial charge in [-0.15, -0.1) is 0 Å². The molecule has 0 aromatic heterocycles. The van der Waals surface area contributed by atoms with E-state index in [0.717, 1.165) is 25.0 Å². The van der Waals surface area contributed by atoms with E-state index in [0.29, 0.717) is 6.10 Å². The van der Waals surface area contributed by atoms with Crippen molar-refractivity contribution in [3.8, 4) is 0 Å². The summed E-state index contributed by atoms with van der Waals surface area (Å²) < 4.78 is 5.45. The summed E-state index contributed by atoms with van der Waals surface area (Å²) >= 11 is 0. The van der Waals surface area contributed by atoms with Crippen LogP contribution in [-0.2, 0) is 4.74 Å². The predicted octanol–water partition coefficient (Wildman–Crippen LogP) is 0.241. The van der Waals surface area contributed by atoms with Crippen LogP contribution in [0.1, 0.15) is 6.42 Å². The Morgan fingerprint density at radius 3 is 3.11 bits per heavy atom. The zero-order valence-electron chi connectivity index (χ0n) is 5.76. The van der Waals surface area contributed by atoms with E-state index in [-0.39, 0.29) is 0 Å². The largest absolute Gasteiger partial charge is 0.378 e. The lowest BCUT2D eigenvalue weighted by molar-refractivity contribution is 0.138. The summed E-state index contributed by atoms with van der Waals surface area (Å²) in [6, 6.07) is 0. The van der Waals surface area contributed by atoms with Crippen LogP contribution in [0.15, 0.2) is 0 Å². The van der Waals surface area contributed by atoms with E-state index >= 15 is 0 Å². The van der Waals surface area contributed by atoms with Gasteiger partial charge in [0, 0.05) is 19.1 Å². The van der Waals surface area contributed by atoms with E-state index in [9.17, 15) is 0 Å². The highest BCUT2D eigenvalue weighted by atomic mass is 16.5. The monoisotopic (exact) mass is 127 g/mol. The number of hydrogen-bond donors (Lipinski definition) is 1. The lowest BCUT2D eigenvalue weighted by atomic mass is 10.2. The molecule has 0 aromatic rings. The maximum absolute atomic E-state index is 5.45. The molecule has 0 spiro atoms. The highest BCUT2D eigenvalue weighted by Crippen LogP contribution is 2.48. The van der Waals surface area contributed by atoms with Crippen molar-refractivity contribution >= 4 is 0 Å². The minimum atomic E-state index is 0.637. The molecule has 3 atom stereocenters. The van der Waals surface area contributed by atoms with E-state index in [4.69, 9.17) is 4.74 Å². The van der Waals surface area contributed by atoms with Gasteiger partial charge in [-0.3, -0.25) is 0 Å². The lowest BCUT2D eigenvalue weighted by Crippen LogP contribution is -2.14. The highest BCUT2D eigenvalue weighted by Gasteiger charge is 2.53. The van der Waals surface area contributed by atoms with Gasteiger partial charge in [-0.2, -0.15) is 0 Å². The van der Waals surface area contributed by atoms with E-state index in [1.807, 2.05) is 7.05 Å². The normalized spacial score (nSPS) is 47.0. The van der Waals surface area contributed by atoms with Crippen LogP contribution in [0.2, 0.25) is 0 Å². The first-order chi connectivity index (χ1) is 4.43. The summed E-state index contributed by atoms with van der Waals surface area (Å²) in [5.74, 6) is 1.76. The van der Waals surface area contributed by atoms with Crippen molar-refractivity contribution in [2.24, 2.45) is 11.8 Å². The molecule has 0 radical (unpaired) electrons. The molecule has 0 bridgehead atoms. The van der Waals surface area contributed by atoms with Crippen molar-refractivity contribution in [3.05, 3.63) is 0 Å². The molecule has 2 heteroatoms. The molecule has 2 nitrogen and oxygen atoms in total. The minimum absolute atomic E-state index is 0.637. The van der Waals surface area contributed by atoms with Gasteiger partial charge in [0.05, 0.1) is 6.10 Å². The Bertz CT molecular complexity index is 105. The number of hydrogen-bond acceptors (Lipinski definition) is 2. The number of rotatable bonds is 2. The molecule has 0 amide bonds. The molecule has 1 saturated carbocycles. The van der Waals surface area contributed by atoms with Crippen LogP contribution in [-0.4, -0.2) is 26.3 Å². The van der Waals surface area contributed by atoms with Gasteiger partial charge in [0.1, 0.15) is 0 Å². The quantitative estimate of drug-likeness (QED) is 0.573. The molecular formula is C7H13NO. The predicted molar refractivity (Wildman–Crippen MR) is 35.3 cm³/mol. The van der Waals surface area contributed by atoms with Gasteiger partial charge in [0.25, 0.3) is 0 Å². The van der Waals surface area contributed by atoms with Gasteiger partial charge in [-0.1, -0.05) is 0 Å². The summed E-state index contributed by atoms with van der Waals surface area (Å²) in [4.78, 5) is 0. The SMILES string of the molecule is CNC[C@H]1[C@@H]2CCO[C@H]21. The van der Waals surface area contributed by atoms with Crippen LogP contribution in [0.4, 0.5) is 0 Å². The fourth-order valence-corrected chi connectivity index (χ4v) is 1.88. The molecule has 0 unspecified atom stereocenters. The smallest absolute Gasteiger partial charge is 0.0652 e. The molecule has 9 heavy (non-hydrogen) atoms. The van der Waals surface area contributed by atoms with Crippen LogP contribution < -0.4 is 5.32 Å². The third kappa shape index (κ3) is 0.775. The van der Waals surface area contributed by atoms with Gasteiger partial charge in [0.2, 0.25) is 0 Å². The Morgan fingerprint density at radius 1 is 1.67 bits per heavy atom. The zero-order valence-corrected chi connectivity index (χ0v) is 5.76. The van der Waals surface area contributed by atoms with Crippen molar-refractivity contribution in [3.63, 3.8) is 0 Å². The molecular weight excluding hydrogens is 114 g/mol. The summed E-state index contributed by atoms with van der Waals surface area (Å²) in [5, 5.41) is 3.18. The molecule has 1 aliphatic carbocycles. The van der Waals surface area contributed by atoms with Crippen molar-refractivity contribution < 1.29 is 4.74 Å². The van der Waals surface area contributed by atoms with Gasteiger partial charge >= 0.3 is 0 Å². The summed E-state index contributed by atoms with van der Waals surface area (Å²) in [6.45, 7) is 2.16. The zero-order chi connectivity index (χ0) is 6.27. The molecule has 2 fully saturated rings. The molecule has 2 rings (SSSR count). The van der Waals surface area contributed by atoms with Crippen molar-refractivity contribution in [1.82, 2.24) is 5.32 Å². The second-order valence-corrected chi connectivity index (χ2v) is 3.01. The van der Waals surface area contributed by atoms with E-state index in [2.05, 4.69) is 5.32 Å². The third-order valence-electron chi connectivity index (χ3n) is 2.45. The summed E-state index contributed by atoms with van der Waals surface area (Å²) in [6.07, 6.45) is 1.94. The van der Waals surface area contributed by atoms with Gasteiger partial charge in [0.15, 0.2) is 0 Å². The maximum Gasteiger partial charge on any atom is 0.0652 e. The van der Waals surface area contributed by atoms with E-state index in [1.54, 1.807) is 0 Å². The Balaban J connectivity index is 1.81. The molecule has 1 saturated heterocycles. The maximum atomic E-state index is 5.45. The standard InChI is InChI=1S/C7H13NO/c1-8-4-6-5-2-3-9-7(5)6/h5-8H,2-4H2,1H3/t5-,6-,7+/m0/s1. The topological polar surface area (TPSA) is 21.3 Å². The van der Waals surface area contributed by atoms with Gasteiger partial charge in [-0.25, -0.2) is 0 Å². The van der Waals surface area contributed by atoms with Crippen LogP contribution >= 0.6 is 0 Å². The molecule has 1 heterocycles. The first-order valence-electron chi connectivity index (χ1n) is 3.69. The lowest BCUT2D eigenvalue weighted by Gasteiger charge is -2.00. The Kier molecular flexibility index (Phi) is 1.24. The average Bonchev–Trinajstić information content (AvgIpc) is 2.39. The van der Waals surface area contributed by atoms with Gasteiger partial charge < -0.3 is 10.1 Å². The van der Waals surface area contributed by atoms with Crippen molar-refractivity contribution in [1.29, 1.82) is 0 Å². The van der Waals surface area contributed by atoms with Crippen molar-refractivity contribution in [2.45, 2.75) is 12.5 Å². The first kappa shape index (κ1) is 5.69. The van der Waals surface area contributed by atoms with Gasteiger partial charge in [-0.05, 0) is 19.4 Å². The average molecular weight is 127 g/mol. The summed E-state index contributed by atoms with van der Waals surface area (Å²) in [7, 11) is 2.01. The fraction of sp³-hybridized carbons (Fsp3) is 1.00. The number of fused-ring (bicyclic) bond motifs is 1. The second-order valence-electron chi connectivity index (χ2n) is 3.01. The molecule has 52 valence electrons. The first-order valence-corrected chi connectivity index (χ1v) is 3.69. The minimum Gasteiger partial charge on any atom is -0.378 e. The van der Waals surface area contributed by atoms with E-state index < -0.39 is 0 Å². The van der Waals surface area contributed by atoms with Crippen LogP contribution in [0.3, 0.4) is 0 Å². The Labute approximate surface area is 55.6 Å². The molecule has 1 aliphatic heterocycles. The highest BCUT2D eigenvalue weighted by molar-refractivity contribution is 5.02. The number of ether oxygens (including phenoxy) is 1. The Morgan fingerprint density at radius 2 is 2.56 bits per heavy atom. The van der Waals surface area contributed by atoms with Crippen LogP contribution in [0.25, 0.3) is 0 Å². The Hall–Kier alpha value is -0.0800. The van der Waals surface area contributed by atoms with Crippen LogP contribution in [0.5, 0.6) is 0 Å². The van der Waals surface area contributed by atoms with Crippen molar-refractivity contribution in [2.75, 3.05) is 20.2 Å². The molecule has 2 aliphatic rings. The van der Waals surface area contributed by atoms with Crippen LogP contribution in [0, 0.1) is 11.8 Å². The summed E-state index contributed by atoms with van der Waals surface area (Å²) in [5.41, 5.74) is 0. The fourth-order valence-electron chi connectivity index (χ4n) is 1.88. The molecule has 1 N–H and O–H groups in total. The number of nitrogens with one attached hydrogen (secondary N) is 1. The second kappa shape index (κ2) is 1.96.